The maximum Gasteiger partial charge on any atom is 0.144 e. The third kappa shape index (κ3) is 3.91. The number of hydrogen-bond donors (Lipinski definition) is 1. The molecule has 0 spiro atoms. The molecule has 0 saturated carbocycles. The van der Waals surface area contributed by atoms with Crippen molar-refractivity contribution in [3.8, 4) is 0 Å². The average Bonchev–Trinajstić information content (AvgIpc) is 2.04. The fourth-order valence-corrected chi connectivity index (χ4v) is 2.09. The molecular formula is C9H11BrO2S. The molecule has 0 saturated heterocycles. The topological polar surface area (TPSA) is 34.1 Å². The minimum Gasteiger partial charge on any atom is -0.232 e. The van der Waals surface area contributed by atoms with Gasteiger partial charge in [-0.2, -0.15) is 0 Å². The Morgan fingerprint density at radius 2 is 1.92 bits per heavy atom. The molecule has 0 atom stereocenters. The van der Waals surface area contributed by atoms with E-state index in [9.17, 15) is 8.42 Å². The molecule has 0 amide bonds. The largest absolute Gasteiger partial charge is 0.232 e. The first-order chi connectivity index (χ1) is 6.22. The standard InChI is InChI=1S/C9H11BrO2S/c10-5-4-8-2-1-3-9(6-8)7-13(11)12/h1-3,6,13H,4-5,7H2. The quantitative estimate of drug-likeness (QED) is 0.663. The van der Waals surface area contributed by atoms with Crippen molar-refractivity contribution in [2.45, 2.75) is 12.2 Å². The van der Waals surface area contributed by atoms with Crippen LogP contribution in [0.25, 0.3) is 0 Å². The van der Waals surface area contributed by atoms with Gasteiger partial charge in [-0.25, -0.2) is 8.42 Å². The molecule has 0 aliphatic heterocycles. The highest BCUT2D eigenvalue weighted by Gasteiger charge is 1.96. The zero-order chi connectivity index (χ0) is 9.68. The first-order valence-corrected chi connectivity index (χ1v) is 6.46. The summed E-state index contributed by atoms with van der Waals surface area (Å²) in [6.07, 6.45) is 0.934. The van der Waals surface area contributed by atoms with Crippen LogP contribution >= 0.6 is 15.9 Å². The predicted octanol–water partition coefficient (Wildman–Crippen LogP) is 1.74. The van der Waals surface area contributed by atoms with Gasteiger partial charge < -0.3 is 0 Å². The van der Waals surface area contributed by atoms with E-state index in [4.69, 9.17) is 0 Å². The van der Waals surface area contributed by atoms with Crippen LogP contribution in [0.15, 0.2) is 24.3 Å². The maximum atomic E-state index is 10.5. The molecule has 0 heterocycles. The SMILES string of the molecule is O=[SH](=O)Cc1cccc(CCBr)c1. The molecule has 1 aromatic carbocycles. The summed E-state index contributed by atoms with van der Waals surface area (Å²) in [6.45, 7) is 0. The van der Waals surface area contributed by atoms with Crippen LogP contribution in [0.3, 0.4) is 0 Å². The third-order valence-electron chi connectivity index (χ3n) is 1.69. The number of benzene rings is 1. The number of rotatable bonds is 4. The Balaban J connectivity index is 2.78. The molecule has 1 aromatic rings. The van der Waals surface area contributed by atoms with Gasteiger partial charge in [0.1, 0.15) is 10.7 Å². The van der Waals surface area contributed by atoms with E-state index in [2.05, 4.69) is 15.9 Å². The van der Waals surface area contributed by atoms with E-state index < -0.39 is 10.7 Å². The first kappa shape index (κ1) is 10.7. The van der Waals surface area contributed by atoms with Crippen molar-refractivity contribution in [1.29, 1.82) is 0 Å². The van der Waals surface area contributed by atoms with Crippen molar-refractivity contribution in [3.05, 3.63) is 35.4 Å². The molecule has 0 aliphatic carbocycles. The van der Waals surface area contributed by atoms with Gasteiger partial charge in [-0.15, -0.1) is 0 Å². The summed E-state index contributed by atoms with van der Waals surface area (Å²) in [5.74, 6) is 0.144. The van der Waals surface area contributed by atoms with E-state index in [1.807, 2.05) is 24.3 Å². The van der Waals surface area contributed by atoms with E-state index in [0.717, 1.165) is 17.3 Å². The lowest BCUT2D eigenvalue weighted by atomic mass is 10.1. The zero-order valence-corrected chi connectivity index (χ0v) is 9.55. The number of aryl methyl sites for hydroxylation is 1. The van der Waals surface area contributed by atoms with Crippen LogP contribution in [0.2, 0.25) is 0 Å². The Morgan fingerprint density at radius 1 is 1.23 bits per heavy atom. The van der Waals surface area contributed by atoms with Crippen LogP contribution in [-0.2, 0) is 22.9 Å². The highest BCUT2D eigenvalue weighted by Crippen LogP contribution is 2.07. The third-order valence-corrected chi connectivity index (χ3v) is 2.71. The molecule has 0 bridgehead atoms. The molecule has 72 valence electrons. The van der Waals surface area contributed by atoms with E-state index in [-0.39, 0.29) is 5.75 Å². The lowest BCUT2D eigenvalue weighted by Crippen LogP contribution is -1.90. The van der Waals surface area contributed by atoms with Crippen molar-refractivity contribution >= 4 is 26.6 Å². The Morgan fingerprint density at radius 3 is 2.54 bits per heavy atom. The summed E-state index contributed by atoms with van der Waals surface area (Å²) < 4.78 is 20.9. The molecule has 0 aliphatic rings. The molecule has 4 heteroatoms. The molecular weight excluding hydrogens is 252 g/mol. The molecule has 0 aromatic heterocycles. The van der Waals surface area contributed by atoms with Crippen LogP contribution in [0.1, 0.15) is 11.1 Å². The molecule has 0 fully saturated rings. The smallest absolute Gasteiger partial charge is 0.144 e. The molecule has 0 unspecified atom stereocenters. The van der Waals surface area contributed by atoms with Crippen molar-refractivity contribution in [3.63, 3.8) is 0 Å². The number of hydrogen-bond acceptors (Lipinski definition) is 2. The molecule has 13 heavy (non-hydrogen) atoms. The van der Waals surface area contributed by atoms with Gasteiger partial charge in [-0.1, -0.05) is 40.2 Å². The van der Waals surface area contributed by atoms with Crippen LogP contribution in [-0.4, -0.2) is 13.7 Å². The van der Waals surface area contributed by atoms with Gasteiger partial charge in [0.05, 0.1) is 5.75 Å². The summed E-state index contributed by atoms with van der Waals surface area (Å²) in [6, 6.07) is 7.67. The van der Waals surface area contributed by atoms with Gasteiger partial charge in [0.15, 0.2) is 0 Å². The average molecular weight is 263 g/mol. The Kier molecular flexibility index (Phi) is 4.45. The Hall–Kier alpha value is -0.350. The van der Waals surface area contributed by atoms with Crippen molar-refractivity contribution in [2.24, 2.45) is 0 Å². The molecule has 2 nitrogen and oxygen atoms in total. The summed E-state index contributed by atoms with van der Waals surface area (Å²) in [4.78, 5) is 0. The molecule has 0 radical (unpaired) electrons. The monoisotopic (exact) mass is 262 g/mol. The number of thiol groups is 1. The normalized spacial score (nSPS) is 10.6. The zero-order valence-electron chi connectivity index (χ0n) is 7.07. The number of halogens is 1. The first-order valence-electron chi connectivity index (χ1n) is 3.98. The van der Waals surface area contributed by atoms with E-state index in [0.29, 0.717) is 0 Å². The second-order valence-corrected chi connectivity index (χ2v) is 4.52. The van der Waals surface area contributed by atoms with Crippen LogP contribution in [0.5, 0.6) is 0 Å². The van der Waals surface area contributed by atoms with Crippen molar-refractivity contribution in [2.75, 3.05) is 5.33 Å². The van der Waals surface area contributed by atoms with Gasteiger partial charge in [0.25, 0.3) is 0 Å². The van der Waals surface area contributed by atoms with Gasteiger partial charge in [-0.05, 0) is 17.5 Å². The van der Waals surface area contributed by atoms with Crippen molar-refractivity contribution < 1.29 is 8.42 Å². The summed E-state index contributed by atoms with van der Waals surface area (Å²) in [7, 11) is -2.31. The fourth-order valence-electron chi connectivity index (χ4n) is 1.14. The second-order valence-electron chi connectivity index (χ2n) is 2.75. The van der Waals surface area contributed by atoms with Crippen LogP contribution in [0, 0.1) is 0 Å². The lowest BCUT2D eigenvalue weighted by Gasteiger charge is -1.99. The van der Waals surface area contributed by atoms with Gasteiger partial charge in [-0.3, -0.25) is 0 Å². The maximum absolute atomic E-state index is 10.5. The molecule has 0 N–H and O–H groups in total. The minimum atomic E-state index is -2.31. The lowest BCUT2D eigenvalue weighted by molar-refractivity contribution is 0.614. The van der Waals surface area contributed by atoms with Gasteiger partial charge >= 0.3 is 0 Å². The van der Waals surface area contributed by atoms with Crippen molar-refractivity contribution in [1.82, 2.24) is 0 Å². The van der Waals surface area contributed by atoms with Gasteiger partial charge in [0, 0.05) is 5.33 Å². The second kappa shape index (κ2) is 5.40. The highest BCUT2D eigenvalue weighted by molar-refractivity contribution is 9.09. The highest BCUT2D eigenvalue weighted by atomic mass is 79.9. The summed E-state index contributed by atoms with van der Waals surface area (Å²) in [5, 5.41) is 0.903. The Labute approximate surface area is 88.1 Å². The fraction of sp³-hybridized carbons (Fsp3) is 0.333. The predicted molar refractivity (Wildman–Crippen MR) is 58.0 cm³/mol. The van der Waals surface area contributed by atoms with E-state index >= 15 is 0 Å². The number of alkyl halides is 1. The molecule has 1 rings (SSSR count). The Bertz CT molecular complexity index is 339. The summed E-state index contributed by atoms with van der Waals surface area (Å²) >= 11 is 3.34. The van der Waals surface area contributed by atoms with Gasteiger partial charge in [0.2, 0.25) is 0 Å². The van der Waals surface area contributed by atoms with Crippen LogP contribution < -0.4 is 0 Å². The van der Waals surface area contributed by atoms with Crippen LogP contribution in [0.4, 0.5) is 0 Å². The van der Waals surface area contributed by atoms with E-state index in [1.165, 1.54) is 5.56 Å². The summed E-state index contributed by atoms with van der Waals surface area (Å²) in [5.41, 5.74) is 2.04. The minimum absolute atomic E-state index is 0.144. The van der Waals surface area contributed by atoms with E-state index in [1.54, 1.807) is 0 Å².